The van der Waals surface area contributed by atoms with Crippen LogP contribution in [0.4, 0.5) is 10.1 Å². The maximum atomic E-state index is 13.0. The molecular formula is C21H17FN2O5S. The Labute approximate surface area is 172 Å². The Balaban J connectivity index is 1.58. The number of benzene rings is 3. The van der Waals surface area contributed by atoms with Crippen LogP contribution in [0.25, 0.3) is 0 Å². The van der Waals surface area contributed by atoms with Crippen LogP contribution in [0.2, 0.25) is 0 Å². The molecule has 3 rings (SSSR count). The Hall–Kier alpha value is -3.56. The van der Waals surface area contributed by atoms with Gasteiger partial charge < -0.3 is 10.1 Å². The third-order valence-electron chi connectivity index (χ3n) is 4.04. The van der Waals surface area contributed by atoms with E-state index in [2.05, 4.69) is 5.32 Å². The van der Waals surface area contributed by atoms with E-state index in [9.17, 15) is 22.4 Å². The summed E-state index contributed by atoms with van der Waals surface area (Å²) in [6.45, 7) is -0.329. The molecule has 3 N–H and O–H groups in total. The van der Waals surface area contributed by atoms with Gasteiger partial charge in [0.1, 0.15) is 11.6 Å². The summed E-state index contributed by atoms with van der Waals surface area (Å²) in [5.74, 6) is -0.842. The molecule has 154 valence electrons. The van der Waals surface area contributed by atoms with Crippen LogP contribution >= 0.6 is 0 Å². The van der Waals surface area contributed by atoms with Crippen molar-refractivity contribution in [3.8, 4) is 5.75 Å². The molecule has 0 saturated carbocycles. The molecule has 0 saturated heterocycles. The van der Waals surface area contributed by atoms with Crippen LogP contribution in [0.3, 0.4) is 0 Å². The standard InChI is InChI=1S/C21H17FN2O5S/c22-16-8-4-14(5-9-16)21(26)15-6-10-18(11-7-15)29-13-20(25)24-17-2-1-3-19(12-17)30(23,27)28/h1-12H,13H2,(H,24,25)(H2,23,27,28). The lowest BCUT2D eigenvalue weighted by Gasteiger charge is -2.09. The summed E-state index contributed by atoms with van der Waals surface area (Å²) in [7, 11) is -3.88. The zero-order valence-electron chi connectivity index (χ0n) is 15.5. The molecule has 0 heterocycles. The van der Waals surface area contributed by atoms with Gasteiger partial charge in [-0.1, -0.05) is 6.07 Å². The highest BCUT2D eigenvalue weighted by Gasteiger charge is 2.11. The topological polar surface area (TPSA) is 116 Å². The number of rotatable bonds is 7. The first-order valence-electron chi connectivity index (χ1n) is 8.68. The Morgan fingerprint density at radius 2 is 1.53 bits per heavy atom. The van der Waals surface area contributed by atoms with E-state index in [1.54, 1.807) is 0 Å². The number of primary sulfonamides is 1. The third kappa shape index (κ3) is 5.49. The number of nitrogens with two attached hydrogens (primary N) is 1. The SMILES string of the molecule is NS(=O)(=O)c1cccc(NC(=O)COc2ccc(C(=O)c3ccc(F)cc3)cc2)c1. The fraction of sp³-hybridized carbons (Fsp3) is 0.0476. The fourth-order valence-corrected chi connectivity index (χ4v) is 3.13. The van der Waals surface area contributed by atoms with Gasteiger partial charge in [0, 0.05) is 16.8 Å². The average Bonchev–Trinajstić information content (AvgIpc) is 2.72. The molecule has 0 atom stereocenters. The number of nitrogens with one attached hydrogen (secondary N) is 1. The normalized spacial score (nSPS) is 11.0. The lowest BCUT2D eigenvalue weighted by Crippen LogP contribution is -2.20. The Kier molecular flexibility index (Phi) is 6.24. The maximum Gasteiger partial charge on any atom is 0.262 e. The van der Waals surface area contributed by atoms with Crippen molar-refractivity contribution in [3.05, 3.63) is 89.7 Å². The summed E-state index contributed by atoms with van der Waals surface area (Å²) in [4.78, 5) is 24.3. The zero-order valence-corrected chi connectivity index (χ0v) is 16.4. The molecule has 0 aliphatic rings. The van der Waals surface area contributed by atoms with Crippen LogP contribution in [-0.4, -0.2) is 26.7 Å². The first kappa shape index (κ1) is 21.2. The highest BCUT2D eigenvalue weighted by Crippen LogP contribution is 2.17. The lowest BCUT2D eigenvalue weighted by atomic mass is 10.0. The minimum Gasteiger partial charge on any atom is -0.484 e. The molecule has 0 aliphatic heterocycles. The molecule has 0 bridgehead atoms. The molecule has 0 unspecified atom stereocenters. The van der Waals surface area contributed by atoms with Gasteiger partial charge in [-0.15, -0.1) is 0 Å². The van der Waals surface area contributed by atoms with Crippen molar-refractivity contribution in [1.29, 1.82) is 0 Å². The summed E-state index contributed by atoms with van der Waals surface area (Å²) in [5, 5.41) is 7.57. The summed E-state index contributed by atoms with van der Waals surface area (Å²) in [5.41, 5.74) is 1.000. The van der Waals surface area contributed by atoms with Crippen molar-refractivity contribution < 1.29 is 27.1 Å². The molecule has 3 aromatic carbocycles. The molecule has 0 fully saturated rings. The van der Waals surface area contributed by atoms with Gasteiger partial charge in [0.15, 0.2) is 12.4 Å². The molecule has 7 nitrogen and oxygen atoms in total. The number of anilines is 1. The minimum atomic E-state index is -3.88. The van der Waals surface area contributed by atoms with Crippen molar-refractivity contribution in [1.82, 2.24) is 0 Å². The average molecular weight is 428 g/mol. The van der Waals surface area contributed by atoms with Crippen molar-refractivity contribution in [3.63, 3.8) is 0 Å². The van der Waals surface area contributed by atoms with Crippen molar-refractivity contribution in [2.75, 3.05) is 11.9 Å². The number of hydrogen-bond acceptors (Lipinski definition) is 5. The molecule has 9 heteroatoms. The summed E-state index contributed by atoms with van der Waals surface area (Å²) >= 11 is 0. The van der Waals surface area contributed by atoms with E-state index in [4.69, 9.17) is 9.88 Å². The van der Waals surface area contributed by atoms with Gasteiger partial charge in [0.25, 0.3) is 5.91 Å². The fourth-order valence-electron chi connectivity index (χ4n) is 2.57. The molecule has 1 amide bonds. The summed E-state index contributed by atoms with van der Waals surface area (Å²) in [6, 6.07) is 16.9. The van der Waals surface area contributed by atoms with E-state index in [-0.39, 0.29) is 23.0 Å². The number of carbonyl (C=O) groups is 2. The van der Waals surface area contributed by atoms with E-state index in [1.807, 2.05) is 0 Å². The highest BCUT2D eigenvalue weighted by molar-refractivity contribution is 7.89. The first-order chi connectivity index (χ1) is 14.2. The summed E-state index contributed by atoms with van der Waals surface area (Å²) in [6.07, 6.45) is 0. The molecule has 30 heavy (non-hydrogen) atoms. The number of carbonyl (C=O) groups excluding carboxylic acids is 2. The molecule has 0 aromatic heterocycles. The second-order valence-electron chi connectivity index (χ2n) is 6.27. The highest BCUT2D eigenvalue weighted by atomic mass is 32.2. The van der Waals surface area contributed by atoms with Crippen molar-refractivity contribution in [2.24, 2.45) is 5.14 Å². The lowest BCUT2D eigenvalue weighted by molar-refractivity contribution is -0.118. The molecule has 0 spiro atoms. The predicted octanol–water partition coefficient (Wildman–Crippen LogP) is 2.72. The van der Waals surface area contributed by atoms with Gasteiger partial charge in [0.2, 0.25) is 10.0 Å². The van der Waals surface area contributed by atoms with Gasteiger partial charge in [-0.05, 0) is 66.7 Å². The summed E-state index contributed by atoms with van der Waals surface area (Å²) < 4.78 is 41.1. The molecule has 0 radical (unpaired) electrons. The van der Waals surface area contributed by atoms with E-state index in [1.165, 1.54) is 72.8 Å². The monoisotopic (exact) mass is 428 g/mol. The maximum absolute atomic E-state index is 13.0. The number of halogens is 1. The Bertz CT molecular complexity index is 1180. The van der Waals surface area contributed by atoms with Crippen LogP contribution in [0.15, 0.2) is 77.7 Å². The Morgan fingerprint density at radius 3 is 2.13 bits per heavy atom. The van der Waals surface area contributed by atoms with Gasteiger partial charge in [-0.3, -0.25) is 9.59 Å². The van der Waals surface area contributed by atoms with E-state index in [0.29, 0.717) is 16.9 Å². The molecular weight excluding hydrogens is 411 g/mol. The van der Waals surface area contributed by atoms with E-state index < -0.39 is 21.7 Å². The second kappa shape index (κ2) is 8.85. The van der Waals surface area contributed by atoms with Gasteiger partial charge in [-0.2, -0.15) is 0 Å². The predicted molar refractivity (Wildman–Crippen MR) is 108 cm³/mol. The molecule has 0 aliphatic carbocycles. The third-order valence-corrected chi connectivity index (χ3v) is 4.95. The van der Waals surface area contributed by atoms with E-state index in [0.717, 1.165) is 0 Å². The quantitative estimate of drug-likeness (QED) is 0.562. The number of amides is 1. The van der Waals surface area contributed by atoms with Crippen LogP contribution in [0.1, 0.15) is 15.9 Å². The van der Waals surface area contributed by atoms with Gasteiger partial charge in [0.05, 0.1) is 4.90 Å². The smallest absolute Gasteiger partial charge is 0.262 e. The zero-order chi connectivity index (χ0) is 21.7. The second-order valence-corrected chi connectivity index (χ2v) is 7.83. The van der Waals surface area contributed by atoms with Crippen LogP contribution < -0.4 is 15.2 Å². The van der Waals surface area contributed by atoms with E-state index >= 15 is 0 Å². The van der Waals surface area contributed by atoms with Crippen molar-refractivity contribution in [2.45, 2.75) is 4.90 Å². The number of ketones is 1. The largest absolute Gasteiger partial charge is 0.484 e. The molecule has 3 aromatic rings. The number of ether oxygens (including phenoxy) is 1. The minimum absolute atomic E-state index is 0.123. The first-order valence-corrected chi connectivity index (χ1v) is 10.2. The van der Waals surface area contributed by atoms with Gasteiger partial charge in [-0.25, -0.2) is 17.9 Å². The van der Waals surface area contributed by atoms with Crippen LogP contribution in [-0.2, 0) is 14.8 Å². The van der Waals surface area contributed by atoms with Crippen LogP contribution in [0, 0.1) is 5.82 Å². The van der Waals surface area contributed by atoms with Crippen LogP contribution in [0.5, 0.6) is 5.75 Å². The van der Waals surface area contributed by atoms with Crippen molar-refractivity contribution >= 4 is 27.4 Å². The number of hydrogen-bond donors (Lipinski definition) is 2. The van der Waals surface area contributed by atoms with Gasteiger partial charge >= 0.3 is 0 Å². The Morgan fingerprint density at radius 1 is 0.933 bits per heavy atom. The number of sulfonamides is 1.